The molecule has 3 nitrogen and oxygen atoms in total. The highest BCUT2D eigenvalue weighted by Crippen LogP contribution is 2.45. The smallest absolute Gasteiger partial charge is 0.197 e. The van der Waals surface area contributed by atoms with E-state index in [9.17, 15) is 15.0 Å². The number of carbonyl (C=O) groups excluding carboxylic acids is 1. The maximum Gasteiger partial charge on any atom is 0.197 e. The van der Waals surface area contributed by atoms with Crippen LogP contribution in [0.4, 0.5) is 0 Å². The molecule has 0 aliphatic rings. The van der Waals surface area contributed by atoms with Gasteiger partial charge in [0.25, 0.3) is 0 Å². The number of ketones is 1. The van der Waals surface area contributed by atoms with Gasteiger partial charge in [-0.15, -0.1) is 0 Å². The van der Waals surface area contributed by atoms with Gasteiger partial charge in [0.05, 0.1) is 5.56 Å². The number of carbonyl (C=O) groups is 1. The maximum atomic E-state index is 13.3. The zero-order valence-electron chi connectivity index (χ0n) is 14.2. The van der Waals surface area contributed by atoms with E-state index < -0.39 is 0 Å². The molecular weight excluding hydrogens is 360 g/mol. The minimum atomic E-state index is -0.385. The largest absolute Gasteiger partial charge is 0.507 e. The second-order valence-electron chi connectivity index (χ2n) is 6.19. The Morgan fingerprint density at radius 2 is 1.26 bits per heavy atom. The SMILES string of the molecule is O=C(c1ccc(Cl)cc1)c1c(-c2ccccc2)c(O)c2ccccc2c1O. The summed E-state index contributed by atoms with van der Waals surface area (Å²) in [6.07, 6.45) is 0. The highest BCUT2D eigenvalue weighted by molar-refractivity contribution is 6.30. The van der Waals surface area contributed by atoms with Gasteiger partial charge in [-0.25, -0.2) is 0 Å². The fraction of sp³-hybridized carbons (Fsp3) is 0. The van der Waals surface area contributed by atoms with Gasteiger partial charge in [0.15, 0.2) is 5.78 Å². The molecule has 4 heteroatoms. The van der Waals surface area contributed by atoms with Gasteiger partial charge < -0.3 is 10.2 Å². The molecule has 2 N–H and O–H groups in total. The van der Waals surface area contributed by atoms with Crippen molar-refractivity contribution in [2.24, 2.45) is 0 Å². The Balaban J connectivity index is 2.07. The third kappa shape index (κ3) is 2.92. The quantitative estimate of drug-likeness (QED) is 0.352. The first kappa shape index (κ1) is 17.1. The first-order chi connectivity index (χ1) is 13.1. The molecule has 0 unspecified atom stereocenters. The lowest BCUT2D eigenvalue weighted by atomic mass is 9.89. The summed E-state index contributed by atoms with van der Waals surface area (Å²) in [7, 11) is 0. The molecule has 27 heavy (non-hydrogen) atoms. The second-order valence-corrected chi connectivity index (χ2v) is 6.63. The van der Waals surface area contributed by atoms with Crippen LogP contribution in [0.5, 0.6) is 11.5 Å². The van der Waals surface area contributed by atoms with E-state index in [-0.39, 0.29) is 22.8 Å². The Morgan fingerprint density at radius 1 is 0.704 bits per heavy atom. The van der Waals surface area contributed by atoms with Crippen LogP contribution in [0.1, 0.15) is 15.9 Å². The number of hydrogen-bond acceptors (Lipinski definition) is 3. The fourth-order valence-electron chi connectivity index (χ4n) is 3.25. The Labute approximate surface area is 161 Å². The van der Waals surface area contributed by atoms with Gasteiger partial charge in [-0.1, -0.05) is 66.2 Å². The standard InChI is InChI=1S/C23H15ClO3/c24-16-12-10-15(11-13-16)21(25)20-19(14-6-2-1-3-7-14)22(26)17-8-4-5-9-18(17)23(20)27/h1-13,26-27H. The van der Waals surface area contributed by atoms with Crippen LogP contribution in [0.25, 0.3) is 21.9 Å². The van der Waals surface area contributed by atoms with E-state index in [1.165, 1.54) is 0 Å². The minimum absolute atomic E-state index is 0.0353. The summed E-state index contributed by atoms with van der Waals surface area (Å²) in [5.74, 6) is -0.571. The van der Waals surface area contributed by atoms with E-state index in [0.29, 0.717) is 32.5 Å². The summed E-state index contributed by atoms with van der Waals surface area (Å²) in [6.45, 7) is 0. The van der Waals surface area contributed by atoms with E-state index in [1.54, 1.807) is 60.7 Å². The highest BCUT2D eigenvalue weighted by atomic mass is 35.5. The molecule has 0 heterocycles. The van der Waals surface area contributed by atoms with Crippen molar-refractivity contribution < 1.29 is 15.0 Å². The predicted octanol–water partition coefficient (Wildman–Crippen LogP) is 5.80. The van der Waals surface area contributed by atoms with E-state index >= 15 is 0 Å². The molecule has 4 aromatic rings. The molecule has 4 aromatic carbocycles. The molecule has 132 valence electrons. The molecule has 0 saturated heterocycles. The molecule has 0 atom stereocenters. The summed E-state index contributed by atoms with van der Waals surface area (Å²) in [4.78, 5) is 13.3. The number of hydrogen-bond donors (Lipinski definition) is 2. The van der Waals surface area contributed by atoms with Crippen LogP contribution in [-0.4, -0.2) is 16.0 Å². The number of rotatable bonds is 3. The second kappa shape index (κ2) is 6.78. The van der Waals surface area contributed by atoms with E-state index in [1.807, 2.05) is 18.2 Å². The lowest BCUT2D eigenvalue weighted by molar-refractivity contribution is 0.103. The van der Waals surface area contributed by atoms with Crippen LogP contribution in [-0.2, 0) is 0 Å². The molecule has 0 amide bonds. The molecule has 0 aliphatic carbocycles. The topological polar surface area (TPSA) is 57.5 Å². The van der Waals surface area contributed by atoms with Gasteiger partial charge in [-0.2, -0.15) is 0 Å². The summed E-state index contributed by atoms with van der Waals surface area (Å²) in [5.41, 5.74) is 1.40. The molecule has 0 aliphatic heterocycles. The summed E-state index contributed by atoms with van der Waals surface area (Å²) in [6, 6.07) is 22.4. The van der Waals surface area contributed by atoms with E-state index in [0.717, 1.165) is 0 Å². The summed E-state index contributed by atoms with van der Waals surface area (Å²) >= 11 is 5.92. The van der Waals surface area contributed by atoms with Crippen molar-refractivity contribution >= 4 is 28.2 Å². The van der Waals surface area contributed by atoms with Gasteiger partial charge >= 0.3 is 0 Å². The van der Waals surface area contributed by atoms with Crippen LogP contribution in [0, 0.1) is 0 Å². The zero-order valence-corrected chi connectivity index (χ0v) is 14.9. The molecule has 0 saturated carbocycles. The van der Waals surface area contributed by atoms with Crippen LogP contribution >= 0.6 is 11.6 Å². The van der Waals surface area contributed by atoms with Gasteiger partial charge in [0, 0.05) is 26.9 Å². The summed E-state index contributed by atoms with van der Waals surface area (Å²) in [5, 5.41) is 23.3. The van der Waals surface area contributed by atoms with Crippen LogP contribution in [0.15, 0.2) is 78.9 Å². The van der Waals surface area contributed by atoms with Crippen molar-refractivity contribution in [3.05, 3.63) is 95.0 Å². The van der Waals surface area contributed by atoms with Crippen LogP contribution < -0.4 is 0 Å². The van der Waals surface area contributed by atoms with E-state index in [2.05, 4.69) is 0 Å². The van der Waals surface area contributed by atoms with Crippen molar-refractivity contribution in [3.8, 4) is 22.6 Å². The van der Waals surface area contributed by atoms with Crippen molar-refractivity contribution in [2.45, 2.75) is 0 Å². The lowest BCUT2D eigenvalue weighted by Gasteiger charge is -2.16. The zero-order chi connectivity index (χ0) is 19.0. The predicted molar refractivity (Wildman–Crippen MR) is 108 cm³/mol. The molecule has 0 aromatic heterocycles. The van der Waals surface area contributed by atoms with Gasteiger partial charge in [0.1, 0.15) is 11.5 Å². The monoisotopic (exact) mass is 374 g/mol. The third-order valence-electron chi connectivity index (χ3n) is 4.56. The summed E-state index contributed by atoms with van der Waals surface area (Å²) < 4.78 is 0. The van der Waals surface area contributed by atoms with Gasteiger partial charge in [-0.05, 0) is 29.8 Å². The Morgan fingerprint density at radius 3 is 1.89 bits per heavy atom. The minimum Gasteiger partial charge on any atom is -0.507 e. The normalized spacial score (nSPS) is 10.9. The number of aromatic hydroxyl groups is 2. The molecule has 0 spiro atoms. The molecule has 0 fully saturated rings. The number of phenols is 2. The molecular formula is C23H15ClO3. The van der Waals surface area contributed by atoms with Gasteiger partial charge in [0.2, 0.25) is 0 Å². The first-order valence-electron chi connectivity index (χ1n) is 8.40. The fourth-order valence-corrected chi connectivity index (χ4v) is 3.38. The lowest BCUT2D eigenvalue weighted by Crippen LogP contribution is -2.05. The van der Waals surface area contributed by atoms with Crippen LogP contribution in [0.3, 0.4) is 0 Å². The van der Waals surface area contributed by atoms with Crippen molar-refractivity contribution in [2.75, 3.05) is 0 Å². The average molecular weight is 375 g/mol. The van der Waals surface area contributed by atoms with Crippen molar-refractivity contribution in [1.82, 2.24) is 0 Å². The van der Waals surface area contributed by atoms with Crippen molar-refractivity contribution in [1.29, 1.82) is 0 Å². The number of phenolic OH excluding ortho intramolecular Hbond substituents is 2. The highest BCUT2D eigenvalue weighted by Gasteiger charge is 2.25. The number of benzene rings is 4. The first-order valence-corrected chi connectivity index (χ1v) is 8.78. The number of fused-ring (bicyclic) bond motifs is 1. The maximum absolute atomic E-state index is 13.3. The Kier molecular flexibility index (Phi) is 4.30. The molecule has 0 bridgehead atoms. The van der Waals surface area contributed by atoms with Crippen molar-refractivity contribution in [3.63, 3.8) is 0 Å². The third-order valence-corrected chi connectivity index (χ3v) is 4.81. The Hall–Kier alpha value is -3.30. The van der Waals surface area contributed by atoms with Gasteiger partial charge in [-0.3, -0.25) is 4.79 Å². The average Bonchev–Trinajstić information content (AvgIpc) is 2.71. The van der Waals surface area contributed by atoms with E-state index in [4.69, 9.17) is 11.6 Å². The number of halogens is 1. The Bertz CT molecular complexity index is 1150. The molecule has 4 rings (SSSR count). The molecule has 0 radical (unpaired) electrons. The van der Waals surface area contributed by atoms with Crippen LogP contribution in [0.2, 0.25) is 5.02 Å².